The van der Waals surface area contributed by atoms with Gasteiger partial charge in [-0.2, -0.15) is 0 Å². The van der Waals surface area contributed by atoms with Crippen LogP contribution in [0, 0.1) is 0 Å². The van der Waals surface area contributed by atoms with Gasteiger partial charge in [-0.1, -0.05) is 0 Å². The van der Waals surface area contributed by atoms with E-state index in [1.807, 2.05) is 27.7 Å². The van der Waals surface area contributed by atoms with Gasteiger partial charge in [-0.25, -0.2) is 0 Å². The zero-order valence-electron chi connectivity index (χ0n) is 10.4. The summed E-state index contributed by atoms with van der Waals surface area (Å²) in [4.78, 5) is 11.4. The Labute approximate surface area is 113 Å². The first-order valence-electron chi connectivity index (χ1n) is 5.56. The summed E-state index contributed by atoms with van der Waals surface area (Å²) >= 11 is 1.28. The molecule has 93 valence electrons. The Hall–Kier alpha value is 0.286. The summed E-state index contributed by atoms with van der Waals surface area (Å²) in [7, 11) is 0. The summed E-state index contributed by atoms with van der Waals surface area (Å²) in [5.74, 6) is 0.123. The van der Waals surface area contributed by atoms with Crippen LogP contribution in [0.5, 0.6) is 0 Å². The first-order chi connectivity index (χ1) is 7.19. The number of hydrogen-bond acceptors (Lipinski definition) is 3. The van der Waals surface area contributed by atoms with Crippen LogP contribution in [0.1, 0.15) is 40.5 Å². The Morgan fingerprint density at radius 3 is 2.19 bits per heavy atom. The topological polar surface area (TPSA) is 52.6 Å². The van der Waals surface area contributed by atoms with Crippen molar-refractivity contribution < 1.29 is 10.0 Å². The van der Waals surface area contributed by atoms with Crippen molar-refractivity contribution in [2.24, 2.45) is 0 Å². The molecule has 0 aromatic carbocycles. The molecule has 0 unspecified atom stereocenters. The molecule has 0 aromatic rings. The Bertz CT molecular complexity index is 261. The molecule has 1 saturated heterocycles. The normalized spacial score (nSPS) is 25.4. The molecular formula is C11H21N2O2Po. The van der Waals surface area contributed by atoms with Crippen molar-refractivity contribution in [1.82, 2.24) is 10.4 Å². The summed E-state index contributed by atoms with van der Waals surface area (Å²) in [5, 5.41) is 14.6. The van der Waals surface area contributed by atoms with Gasteiger partial charge in [0.25, 0.3) is 0 Å². The molecule has 0 spiro atoms. The van der Waals surface area contributed by atoms with Gasteiger partial charge in [0.15, 0.2) is 0 Å². The minimum atomic E-state index is -0.291. The average molecular weight is 422 g/mol. The molecule has 1 aliphatic heterocycles. The van der Waals surface area contributed by atoms with E-state index in [0.717, 1.165) is 12.8 Å². The van der Waals surface area contributed by atoms with Gasteiger partial charge in [-0.15, -0.1) is 0 Å². The van der Waals surface area contributed by atoms with Crippen molar-refractivity contribution in [3.05, 3.63) is 0 Å². The van der Waals surface area contributed by atoms with Crippen molar-refractivity contribution in [3.63, 3.8) is 0 Å². The fourth-order valence-corrected chi connectivity index (χ4v) is 2.97. The molecule has 16 heavy (non-hydrogen) atoms. The molecule has 1 heterocycles. The van der Waals surface area contributed by atoms with Crippen molar-refractivity contribution >= 4 is 31.0 Å². The van der Waals surface area contributed by atoms with Crippen LogP contribution in [0.4, 0.5) is 0 Å². The summed E-state index contributed by atoms with van der Waals surface area (Å²) in [6, 6.07) is 0.167. The molecular weight excluding hydrogens is 401 g/mol. The predicted molar refractivity (Wildman–Crippen MR) is 63.5 cm³/mol. The molecule has 2 N–H and O–H groups in total. The number of carbonyl (C=O) groups excluding carboxylic acids is 1. The average Bonchev–Trinajstić information content (AvgIpc) is 2.13. The number of hydroxylamine groups is 2. The predicted octanol–water partition coefficient (Wildman–Crippen LogP) is 1.10. The van der Waals surface area contributed by atoms with E-state index in [1.165, 1.54) is 30.1 Å². The van der Waals surface area contributed by atoms with Crippen LogP contribution in [-0.4, -0.2) is 58.4 Å². The SMILES string of the molecule is CC1(C)CC(NC(=O)[CH2][Po])CC(C)(C)N1O. The molecule has 5 heteroatoms. The van der Waals surface area contributed by atoms with Crippen LogP contribution < -0.4 is 5.32 Å². The van der Waals surface area contributed by atoms with Crippen LogP contribution in [0.15, 0.2) is 0 Å². The molecule has 0 atom stereocenters. The molecule has 1 radical (unpaired) electrons. The van der Waals surface area contributed by atoms with Gasteiger partial charge < -0.3 is 0 Å². The van der Waals surface area contributed by atoms with Gasteiger partial charge in [-0.3, -0.25) is 0 Å². The molecule has 0 aromatic heterocycles. The van der Waals surface area contributed by atoms with E-state index in [4.69, 9.17) is 0 Å². The number of amides is 1. The molecule has 4 nitrogen and oxygen atoms in total. The molecule has 1 rings (SSSR count). The van der Waals surface area contributed by atoms with Gasteiger partial charge in [0.1, 0.15) is 0 Å². The first kappa shape index (κ1) is 14.3. The Kier molecular flexibility index (Phi) is 4.38. The maximum atomic E-state index is 11.4. The number of piperidine rings is 1. The zero-order valence-corrected chi connectivity index (χ0v) is 13.6. The number of rotatable bonds is 2. The maximum absolute atomic E-state index is 11.4. The van der Waals surface area contributed by atoms with Gasteiger partial charge in [0, 0.05) is 0 Å². The number of hydrogen-bond donors (Lipinski definition) is 2. The van der Waals surface area contributed by atoms with Gasteiger partial charge in [0.05, 0.1) is 0 Å². The second-order valence-corrected chi connectivity index (χ2v) is 6.88. The number of nitrogens with zero attached hydrogens (tertiary/aromatic N) is 1. The van der Waals surface area contributed by atoms with Crippen molar-refractivity contribution in [3.8, 4) is 0 Å². The summed E-state index contributed by atoms with van der Waals surface area (Å²) in [6.07, 6.45) is 1.57. The first-order valence-corrected chi connectivity index (χ1v) is 7.80. The van der Waals surface area contributed by atoms with E-state index in [1.54, 1.807) is 0 Å². The van der Waals surface area contributed by atoms with E-state index < -0.39 is 0 Å². The van der Waals surface area contributed by atoms with Crippen LogP contribution in [0.25, 0.3) is 0 Å². The van der Waals surface area contributed by atoms with E-state index in [-0.39, 0.29) is 23.0 Å². The third-order valence-electron chi connectivity index (χ3n) is 3.13. The Morgan fingerprint density at radius 1 is 1.38 bits per heavy atom. The van der Waals surface area contributed by atoms with Crippen LogP contribution in [0.3, 0.4) is 0 Å². The van der Waals surface area contributed by atoms with Gasteiger partial charge in [-0.05, 0) is 0 Å². The summed E-state index contributed by atoms with van der Waals surface area (Å²) in [5.41, 5.74) is -0.583. The van der Waals surface area contributed by atoms with Crippen LogP contribution in [0.2, 0.25) is 4.08 Å². The molecule has 0 bridgehead atoms. The quantitative estimate of drug-likeness (QED) is 0.701. The van der Waals surface area contributed by atoms with Crippen LogP contribution >= 0.6 is 0 Å². The van der Waals surface area contributed by atoms with E-state index in [9.17, 15) is 10.0 Å². The van der Waals surface area contributed by atoms with Crippen molar-refractivity contribution in [2.45, 2.75) is 61.7 Å². The molecule has 0 saturated carbocycles. The standard InChI is InChI=1S/C11H21N2O2.Po/c1-8(14)12-9-6-10(2,3)13(15)11(4,5)7-9;/h9,15H,1,6-7H2,2-5H3,(H,12,14);. The molecule has 0 aliphatic carbocycles. The third kappa shape index (κ3) is 3.15. The van der Waals surface area contributed by atoms with Gasteiger partial charge in [0.2, 0.25) is 0 Å². The van der Waals surface area contributed by atoms with Crippen LogP contribution in [-0.2, 0) is 4.79 Å². The second kappa shape index (κ2) is 4.88. The summed E-state index contributed by atoms with van der Waals surface area (Å²) < 4.78 is 0.597. The third-order valence-corrected chi connectivity index (χ3v) is 4.15. The number of nitrogens with one attached hydrogen (secondary N) is 1. The van der Waals surface area contributed by atoms with E-state index >= 15 is 0 Å². The Balaban J connectivity index is 2.75. The van der Waals surface area contributed by atoms with E-state index in [2.05, 4.69) is 5.32 Å². The van der Waals surface area contributed by atoms with Gasteiger partial charge >= 0.3 is 113 Å². The van der Waals surface area contributed by atoms with E-state index in [0.29, 0.717) is 4.08 Å². The summed E-state index contributed by atoms with van der Waals surface area (Å²) in [6.45, 7) is 8.02. The molecule has 1 amide bonds. The number of carbonyl (C=O) groups is 1. The molecule has 1 aliphatic rings. The fourth-order valence-electron chi connectivity index (χ4n) is 2.64. The van der Waals surface area contributed by atoms with Crippen molar-refractivity contribution in [2.75, 3.05) is 0 Å². The fraction of sp³-hybridized carbons (Fsp3) is 0.909. The van der Waals surface area contributed by atoms with Crippen molar-refractivity contribution in [1.29, 1.82) is 0 Å². The minimum absolute atomic E-state index is 0.123. The second-order valence-electron chi connectivity index (χ2n) is 5.75. The monoisotopic (exact) mass is 422 g/mol. The Morgan fingerprint density at radius 2 is 1.81 bits per heavy atom. The molecule has 1 fully saturated rings. The zero-order chi connectivity index (χ0) is 12.6.